The number of carbonyl (C=O) groups is 1. The van der Waals surface area contributed by atoms with Crippen LogP contribution in [0.5, 0.6) is 0 Å². The maximum absolute atomic E-state index is 13.2. The molecule has 0 radical (unpaired) electrons. The molecule has 23 heavy (non-hydrogen) atoms. The van der Waals surface area contributed by atoms with E-state index in [0.717, 1.165) is 24.2 Å². The third-order valence-electron chi connectivity index (χ3n) is 3.25. The van der Waals surface area contributed by atoms with Crippen LogP contribution in [0.2, 0.25) is 0 Å². The third kappa shape index (κ3) is 4.46. The van der Waals surface area contributed by atoms with Crippen molar-refractivity contribution in [3.63, 3.8) is 0 Å². The van der Waals surface area contributed by atoms with Crippen LogP contribution in [-0.4, -0.2) is 22.2 Å². The van der Waals surface area contributed by atoms with Crippen molar-refractivity contribution >= 4 is 22.5 Å². The van der Waals surface area contributed by atoms with Crippen molar-refractivity contribution in [3.8, 4) is 0 Å². The van der Waals surface area contributed by atoms with Crippen LogP contribution in [0, 0.1) is 11.6 Å². The molecule has 5 nitrogen and oxygen atoms in total. The highest BCUT2D eigenvalue weighted by Gasteiger charge is 2.20. The van der Waals surface area contributed by atoms with E-state index < -0.39 is 29.8 Å². The van der Waals surface area contributed by atoms with Crippen molar-refractivity contribution < 1.29 is 18.7 Å². The van der Waals surface area contributed by atoms with E-state index in [1.807, 2.05) is 12.3 Å². The van der Waals surface area contributed by atoms with Crippen LogP contribution in [0.15, 0.2) is 23.6 Å². The topological polar surface area (TPSA) is 74.2 Å². The van der Waals surface area contributed by atoms with Crippen molar-refractivity contribution in [2.75, 3.05) is 5.32 Å². The van der Waals surface area contributed by atoms with Gasteiger partial charge in [0.25, 0.3) is 0 Å². The van der Waals surface area contributed by atoms with Crippen LogP contribution in [0.3, 0.4) is 0 Å². The Bertz CT molecular complexity index is 693. The molecule has 2 atom stereocenters. The standard InChI is InChI=1S/C15H17F2N3O2S/c1-3-10-7-23-15(19-10)20-14(22)18-8(2)13(21)9-4-5-11(16)12(17)6-9/h4-8,13,21H,3H2,1-2H3,(H2,18,19,20,22). The van der Waals surface area contributed by atoms with Crippen molar-refractivity contribution in [2.45, 2.75) is 32.4 Å². The van der Waals surface area contributed by atoms with Gasteiger partial charge in [0.15, 0.2) is 16.8 Å². The molecule has 124 valence electrons. The number of halogens is 2. The van der Waals surface area contributed by atoms with E-state index in [-0.39, 0.29) is 5.56 Å². The number of aliphatic hydroxyl groups excluding tert-OH is 1. The normalized spacial score (nSPS) is 13.4. The van der Waals surface area contributed by atoms with Crippen molar-refractivity contribution in [3.05, 3.63) is 46.5 Å². The first-order chi connectivity index (χ1) is 10.9. The molecule has 0 saturated heterocycles. The van der Waals surface area contributed by atoms with Gasteiger partial charge in [-0.1, -0.05) is 13.0 Å². The van der Waals surface area contributed by atoms with Crippen molar-refractivity contribution in [1.82, 2.24) is 10.3 Å². The number of anilines is 1. The van der Waals surface area contributed by atoms with Gasteiger partial charge in [-0.2, -0.15) is 0 Å². The molecule has 0 aliphatic heterocycles. The van der Waals surface area contributed by atoms with Gasteiger partial charge in [0.1, 0.15) is 0 Å². The molecule has 0 fully saturated rings. The second kappa shape index (κ2) is 7.47. The van der Waals surface area contributed by atoms with E-state index in [0.29, 0.717) is 5.13 Å². The van der Waals surface area contributed by atoms with E-state index in [2.05, 4.69) is 15.6 Å². The molecule has 0 aliphatic rings. The predicted molar refractivity (Wildman–Crippen MR) is 84.4 cm³/mol. The fourth-order valence-electron chi connectivity index (χ4n) is 1.93. The van der Waals surface area contributed by atoms with Crippen molar-refractivity contribution in [2.24, 2.45) is 0 Å². The molecule has 2 amide bonds. The second-order valence-electron chi connectivity index (χ2n) is 5.00. The summed E-state index contributed by atoms with van der Waals surface area (Å²) in [6, 6.07) is 1.88. The zero-order valence-electron chi connectivity index (χ0n) is 12.6. The maximum Gasteiger partial charge on any atom is 0.321 e. The summed E-state index contributed by atoms with van der Waals surface area (Å²) in [7, 11) is 0. The Morgan fingerprint density at radius 1 is 1.39 bits per heavy atom. The predicted octanol–water partition coefficient (Wildman–Crippen LogP) is 3.23. The number of benzene rings is 1. The molecule has 2 aromatic rings. The molecular weight excluding hydrogens is 324 g/mol. The molecule has 0 aliphatic carbocycles. The number of carbonyl (C=O) groups excluding carboxylic acids is 1. The number of aryl methyl sites for hydroxylation is 1. The summed E-state index contributed by atoms with van der Waals surface area (Å²) >= 11 is 1.30. The molecule has 2 unspecified atom stereocenters. The van der Waals surface area contributed by atoms with Gasteiger partial charge in [0.05, 0.1) is 17.8 Å². The second-order valence-corrected chi connectivity index (χ2v) is 5.86. The Morgan fingerprint density at radius 3 is 2.74 bits per heavy atom. The Balaban J connectivity index is 1.95. The highest BCUT2D eigenvalue weighted by Crippen LogP contribution is 2.20. The summed E-state index contributed by atoms with van der Waals surface area (Å²) < 4.78 is 26.1. The number of hydrogen-bond donors (Lipinski definition) is 3. The fourth-order valence-corrected chi connectivity index (χ4v) is 2.72. The fraction of sp³-hybridized carbons (Fsp3) is 0.333. The third-order valence-corrected chi connectivity index (χ3v) is 4.06. The average Bonchev–Trinajstić information content (AvgIpc) is 2.96. The molecular formula is C15H17F2N3O2S. The number of hydrogen-bond acceptors (Lipinski definition) is 4. The number of urea groups is 1. The number of nitrogens with zero attached hydrogens (tertiary/aromatic N) is 1. The Labute approximate surface area is 136 Å². The molecule has 1 aromatic carbocycles. The summed E-state index contributed by atoms with van der Waals surface area (Å²) in [5.41, 5.74) is 1.05. The lowest BCUT2D eigenvalue weighted by atomic mass is 10.0. The zero-order valence-corrected chi connectivity index (χ0v) is 13.5. The van der Waals surface area contributed by atoms with Crippen LogP contribution in [0.25, 0.3) is 0 Å². The smallest absolute Gasteiger partial charge is 0.321 e. The van der Waals surface area contributed by atoms with Gasteiger partial charge in [0.2, 0.25) is 0 Å². The molecule has 1 aromatic heterocycles. The summed E-state index contributed by atoms with van der Waals surface area (Å²) in [6.07, 6.45) is -0.399. The summed E-state index contributed by atoms with van der Waals surface area (Å²) in [4.78, 5) is 16.1. The van der Waals surface area contributed by atoms with Gasteiger partial charge in [-0.3, -0.25) is 5.32 Å². The van der Waals surface area contributed by atoms with E-state index in [9.17, 15) is 18.7 Å². The molecule has 3 N–H and O–H groups in total. The molecule has 0 saturated carbocycles. The van der Waals surface area contributed by atoms with E-state index >= 15 is 0 Å². The van der Waals surface area contributed by atoms with E-state index in [1.54, 1.807) is 6.92 Å². The lowest BCUT2D eigenvalue weighted by molar-refractivity contribution is 0.138. The number of thiazole rings is 1. The number of aromatic nitrogens is 1. The first-order valence-corrected chi connectivity index (χ1v) is 7.93. The largest absolute Gasteiger partial charge is 0.386 e. The van der Waals surface area contributed by atoms with Gasteiger partial charge in [-0.25, -0.2) is 18.6 Å². The van der Waals surface area contributed by atoms with Crippen LogP contribution >= 0.6 is 11.3 Å². The number of amides is 2. The first kappa shape index (κ1) is 17.3. The zero-order chi connectivity index (χ0) is 17.0. The molecule has 2 rings (SSSR count). The van der Waals surface area contributed by atoms with E-state index in [4.69, 9.17) is 0 Å². The Morgan fingerprint density at radius 2 is 2.13 bits per heavy atom. The highest BCUT2D eigenvalue weighted by molar-refractivity contribution is 7.13. The Kier molecular flexibility index (Phi) is 5.62. The van der Waals surface area contributed by atoms with Gasteiger partial charge in [0, 0.05) is 5.38 Å². The lowest BCUT2D eigenvalue weighted by Crippen LogP contribution is -2.39. The van der Waals surface area contributed by atoms with Crippen LogP contribution in [-0.2, 0) is 6.42 Å². The van der Waals surface area contributed by atoms with Gasteiger partial charge in [-0.05, 0) is 31.0 Å². The van der Waals surface area contributed by atoms with Gasteiger partial charge >= 0.3 is 6.03 Å². The molecule has 0 spiro atoms. The SMILES string of the molecule is CCc1csc(NC(=O)NC(C)C(O)c2ccc(F)c(F)c2)n1. The summed E-state index contributed by atoms with van der Waals surface area (Å²) in [5, 5.41) is 17.5. The monoisotopic (exact) mass is 341 g/mol. The maximum atomic E-state index is 13.2. The average molecular weight is 341 g/mol. The minimum Gasteiger partial charge on any atom is -0.386 e. The summed E-state index contributed by atoms with van der Waals surface area (Å²) in [5.74, 6) is -2.04. The molecule has 1 heterocycles. The van der Waals surface area contributed by atoms with Gasteiger partial charge in [-0.15, -0.1) is 11.3 Å². The minimum atomic E-state index is -1.17. The lowest BCUT2D eigenvalue weighted by Gasteiger charge is -2.20. The van der Waals surface area contributed by atoms with E-state index in [1.165, 1.54) is 17.4 Å². The number of nitrogens with one attached hydrogen (secondary N) is 2. The Hall–Kier alpha value is -2.06. The first-order valence-electron chi connectivity index (χ1n) is 7.05. The molecule has 8 heteroatoms. The van der Waals surface area contributed by atoms with Crippen LogP contribution < -0.4 is 10.6 Å². The highest BCUT2D eigenvalue weighted by atomic mass is 32.1. The minimum absolute atomic E-state index is 0.180. The van der Waals surface area contributed by atoms with Gasteiger partial charge < -0.3 is 10.4 Å². The summed E-state index contributed by atoms with van der Waals surface area (Å²) in [6.45, 7) is 3.52. The van der Waals surface area contributed by atoms with Crippen LogP contribution in [0.4, 0.5) is 18.7 Å². The van der Waals surface area contributed by atoms with Crippen LogP contribution in [0.1, 0.15) is 31.2 Å². The quantitative estimate of drug-likeness (QED) is 0.782. The number of rotatable bonds is 5. The van der Waals surface area contributed by atoms with Crippen molar-refractivity contribution in [1.29, 1.82) is 0 Å². The number of aliphatic hydroxyl groups is 1. The molecule has 0 bridgehead atoms.